The fourth-order valence-corrected chi connectivity index (χ4v) is 2.63. The van der Waals surface area contributed by atoms with Gasteiger partial charge in [-0.05, 0) is 38.1 Å². The van der Waals surface area contributed by atoms with Gasteiger partial charge in [-0.2, -0.15) is 4.98 Å². The standard InChI is InChI=1S/C21H23N3O4/c1-15(2)24(20(25)14-27-18-11-9-17(26-3)10-12-18)13-19-22-21(23-28-19)16-7-5-4-6-8-16/h4-12,15H,13-14H2,1-3H3. The van der Waals surface area contributed by atoms with Crippen LogP contribution in [0.15, 0.2) is 59.1 Å². The van der Waals surface area contributed by atoms with E-state index in [1.54, 1.807) is 36.3 Å². The second-order valence-electron chi connectivity index (χ2n) is 6.46. The molecule has 0 unspecified atom stereocenters. The highest BCUT2D eigenvalue weighted by molar-refractivity contribution is 5.78. The van der Waals surface area contributed by atoms with E-state index in [9.17, 15) is 4.79 Å². The number of nitrogens with zero attached hydrogens (tertiary/aromatic N) is 3. The van der Waals surface area contributed by atoms with Crippen LogP contribution in [0.1, 0.15) is 19.7 Å². The molecule has 0 radical (unpaired) electrons. The van der Waals surface area contributed by atoms with E-state index >= 15 is 0 Å². The van der Waals surface area contributed by atoms with Crippen LogP contribution in [0, 0.1) is 0 Å². The average molecular weight is 381 g/mol. The molecule has 0 spiro atoms. The van der Waals surface area contributed by atoms with Gasteiger partial charge in [0, 0.05) is 11.6 Å². The van der Waals surface area contributed by atoms with Crippen LogP contribution in [0.5, 0.6) is 11.5 Å². The fourth-order valence-electron chi connectivity index (χ4n) is 2.63. The summed E-state index contributed by atoms with van der Waals surface area (Å²) in [7, 11) is 1.60. The predicted octanol–water partition coefficient (Wildman–Crippen LogP) is 3.56. The van der Waals surface area contributed by atoms with E-state index in [2.05, 4.69) is 10.1 Å². The van der Waals surface area contributed by atoms with Crippen LogP contribution in [0.3, 0.4) is 0 Å². The Morgan fingerprint density at radius 2 is 1.75 bits per heavy atom. The van der Waals surface area contributed by atoms with Gasteiger partial charge in [0.2, 0.25) is 11.7 Å². The SMILES string of the molecule is COc1ccc(OCC(=O)N(Cc2nc(-c3ccccc3)no2)C(C)C)cc1. The van der Waals surface area contributed by atoms with Crippen LogP contribution in [0.2, 0.25) is 0 Å². The van der Waals surface area contributed by atoms with Crippen molar-refractivity contribution < 1.29 is 18.8 Å². The highest BCUT2D eigenvalue weighted by Gasteiger charge is 2.21. The van der Waals surface area contributed by atoms with E-state index in [1.807, 2.05) is 44.2 Å². The van der Waals surface area contributed by atoms with Crippen molar-refractivity contribution in [3.05, 3.63) is 60.5 Å². The molecule has 1 amide bonds. The maximum atomic E-state index is 12.6. The Hall–Kier alpha value is -3.35. The first-order valence-electron chi connectivity index (χ1n) is 9.01. The highest BCUT2D eigenvalue weighted by Crippen LogP contribution is 2.18. The summed E-state index contributed by atoms with van der Waals surface area (Å²) < 4.78 is 16.0. The Morgan fingerprint density at radius 1 is 1.07 bits per heavy atom. The van der Waals surface area contributed by atoms with Crippen LogP contribution in [0.25, 0.3) is 11.4 Å². The number of carbonyl (C=O) groups is 1. The molecular formula is C21H23N3O4. The van der Waals surface area contributed by atoms with E-state index in [1.165, 1.54) is 0 Å². The maximum absolute atomic E-state index is 12.6. The number of aromatic nitrogens is 2. The first kappa shape index (κ1) is 19.4. The first-order valence-corrected chi connectivity index (χ1v) is 9.01. The number of benzene rings is 2. The molecule has 7 heteroatoms. The molecule has 0 bridgehead atoms. The van der Waals surface area contributed by atoms with Gasteiger partial charge in [-0.25, -0.2) is 0 Å². The summed E-state index contributed by atoms with van der Waals surface area (Å²) in [4.78, 5) is 18.7. The van der Waals surface area contributed by atoms with Gasteiger partial charge in [0.25, 0.3) is 5.91 Å². The lowest BCUT2D eigenvalue weighted by Crippen LogP contribution is -2.39. The molecule has 0 aliphatic rings. The van der Waals surface area contributed by atoms with E-state index in [0.29, 0.717) is 17.5 Å². The molecule has 0 N–H and O–H groups in total. The van der Waals surface area contributed by atoms with E-state index < -0.39 is 0 Å². The van der Waals surface area contributed by atoms with Crippen LogP contribution in [-0.4, -0.2) is 40.7 Å². The van der Waals surface area contributed by atoms with Gasteiger partial charge in [0.15, 0.2) is 6.61 Å². The maximum Gasteiger partial charge on any atom is 0.261 e. The molecule has 28 heavy (non-hydrogen) atoms. The summed E-state index contributed by atoms with van der Waals surface area (Å²) in [5, 5.41) is 4.00. The highest BCUT2D eigenvalue weighted by atomic mass is 16.5. The van der Waals surface area contributed by atoms with Gasteiger partial charge in [-0.1, -0.05) is 35.5 Å². The monoisotopic (exact) mass is 381 g/mol. The minimum atomic E-state index is -0.162. The van der Waals surface area contributed by atoms with Gasteiger partial charge in [-0.3, -0.25) is 4.79 Å². The zero-order valence-corrected chi connectivity index (χ0v) is 16.2. The Kier molecular flexibility index (Phi) is 6.26. The van der Waals surface area contributed by atoms with Crippen molar-refractivity contribution in [3.63, 3.8) is 0 Å². The van der Waals surface area contributed by atoms with Crippen molar-refractivity contribution >= 4 is 5.91 Å². The van der Waals surface area contributed by atoms with Crippen LogP contribution in [-0.2, 0) is 11.3 Å². The molecule has 1 heterocycles. The van der Waals surface area contributed by atoms with E-state index in [4.69, 9.17) is 14.0 Å². The van der Waals surface area contributed by atoms with Gasteiger partial charge in [0.05, 0.1) is 7.11 Å². The van der Waals surface area contributed by atoms with Gasteiger partial charge >= 0.3 is 0 Å². The van der Waals surface area contributed by atoms with Crippen molar-refractivity contribution in [1.82, 2.24) is 15.0 Å². The van der Waals surface area contributed by atoms with Gasteiger partial charge in [0.1, 0.15) is 18.0 Å². The summed E-state index contributed by atoms with van der Waals surface area (Å²) in [6.07, 6.45) is 0. The predicted molar refractivity (Wildman–Crippen MR) is 104 cm³/mol. The molecular weight excluding hydrogens is 358 g/mol. The normalized spacial score (nSPS) is 10.7. The molecule has 2 aromatic carbocycles. The number of carbonyl (C=O) groups excluding carboxylic acids is 1. The lowest BCUT2D eigenvalue weighted by atomic mass is 10.2. The molecule has 0 aliphatic heterocycles. The molecule has 0 saturated heterocycles. The molecule has 7 nitrogen and oxygen atoms in total. The lowest BCUT2D eigenvalue weighted by molar-refractivity contribution is -0.136. The summed E-state index contributed by atoms with van der Waals surface area (Å²) in [5.41, 5.74) is 0.864. The molecule has 146 valence electrons. The minimum Gasteiger partial charge on any atom is -0.497 e. The molecule has 1 aromatic heterocycles. The number of hydrogen-bond donors (Lipinski definition) is 0. The fraction of sp³-hybridized carbons (Fsp3) is 0.286. The molecule has 0 aliphatic carbocycles. The second-order valence-corrected chi connectivity index (χ2v) is 6.46. The summed E-state index contributed by atoms with van der Waals surface area (Å²) in [6, 6.07) is 16.6. The number of hydrogen-bond acceptors (Lipinski definition) is 6. The minimum absolute atomic E-state index is 0.0426. The molecule has 0 atom stereocenters. The molecule has 3 rings (SSSR count). The van der Waals surface area contributed by atoms with Crippen LogP contribution < -0.4 is 9.47 Å². The van der Waals surface area contributed by atoms with Crippen molar-refractivity contribution in [3.8, 4) is 22.9 Å². The topological polar surface area (TPSA) is 77.7 Å². The number of rotatable bonds is 8. The van der Waals surface area contributed by atoms with Crippen molar-refractivity contribution in [2.45, 2.75) is 26.4 Å². The third-order valence-corrected chi connectivity index (χ3v) is 4.17. The zero-order chi connectivity index (χ0) is 19.9. The lowest BCUT2D eigenvalue weighted by Gasteiger charge is -2.25. The third-order valence-electron chi connectivity index (χ3n) is 4.17. The summed E-state index contributed by atoms with van der Waals surface area (Å²) in [6.45, 7) is 4.01. The average Bonchev–Trinajstić information content (AvgIpc) is 3.20. The smallest absolute Gasteiger partial charge is 0.261 e. The van der Waals surface area contributed by atoms with E-state index in [-0.39, 0.29) is 25.1 Å². The molecule has 0 fully saturated rings. The largest absolute Gasteiger partial charge is 0.497 e. The van der Waals surface area contributed by atoms with Gasteiger partial charge in [-0.15, -0.1) is 0 Å². The zero-order valence-electron chi connectivity index (χ0n) is 16.2. The van der Waals surface area contributed by atoms with Crippen molar-refractivity contribution in [1.29, 1.82) is 0 Å². The number of methoxy groups -OCH3 is 1. The second kappa shape index (κ2) is 9.03. The Bertz CT molecular complexity index is 892. The Morgan fingerprint density at radius 3 is 2.39 bits per heavy atom. The quantitative estimate of drug-likeness (QED) is 0.594. The van der Waals surface area contributed by atoms with Crippen LogP contribution in [0.4, 0.5) is 0 Å². The van der Waals surface area contributed by atoms with Crippen molar-refractivity contribution in [2.75, 3.05) is 13.7 Å². The van der Waals surface area contributed by atoms with E-state index in [0.717, 1.165) is 11.3 Å². The third kappa shape index (κ3) is 4.88. The van der Waals surface area contributed by atoms with Crippen LogP contribution >= 0.6 is 0 Å². The number of amides is 1. The van der Waals surface area contributed by atoms with Gasteiger partial charge < -0.3 is 18.9 Å². The summed E-state index contributed by atoms with van der Waals surface area (Å²) >= 11 is 0. The first-order chi connectivity index (χ1) is 13.6. The molecule has 0 saturated carbocycles. The number of ether oxygens (including phenoxy) is 2. The summed E-state index contributed by atoms with van der Waals surface area (Å²) in [5.74, 6) is 2.05. The molecule has 3 aromatic rings. The Labute approximate surface area is 163 Å². The Balaban J connectivity index is 1.62. The van der Waals surface area contributed by atoms with Crippen molar-refractivity contribution in [2.24, 2.45) is 0 Å².